The van der Waals surface area contributed by atoms with Crippen molar-refractivity contribution in [2.24, 2.45) is 0 Å². The Hall–Kier alpha value is -1.26. The average Bonchev–Trinajstić information content (AvgIpc) is 2.59. The summed E-state index contributed by atoms with van der Waals surface area (Å²) in [5, 5.41) is 1.66. The first kappa shape index (κ1) is 21.0. The van der Waals surface area contributed by atoms with Crippen LogP contribution in [0.2, 0.25) is 15.1 Å². The van der Waals surface area contributed by atoms with Crippen molar-refractivity contribution in [3.8, 4) is 5.75 Å². The number of halogens is 3. The van der Waals surface area contributed by atoms with Crippen molar-refractivity contribution in [1.29, 1.82) is 0 Å². The molecule has 3 nitrogen and oxygen atoms in total. The molecular formula is C20H21Cl3O3. The molecule has 0 bridgehead atoms. The summed E-state index contributed by atoms with van der Waals surface area (Å²) in [7, 11) is 1.67. The maximum Gasteiger partial charge on any atom is 0.311 e. The maximum atomic E-state index is 12.1. The van der Waals surface area contributed by atoms with E-state index in [0.717, 1.165) is 30.4 Å². The Kier molecular flexibility index (Phi) is 8.73. The predicted octanol–water partition coefficient (Wildman–Crippen LogP) is 6.35. The number of rotatable bonds is 9. The number of carbonyl (C=O) groups is 1. The summed E-state index contributed by atoms with van der Waals surface area (Å²) < 4.78 is 10.5. The summed E-state index contributed by atoms with van der Waals surface area (Å²) in [6.07, 6.45) is 3.50. The van der Waals surface area contributed by atoms with Gasteiger partial charge in [0, 0.05) is 41.6 Å². The van der Waals surface area contributed by atoms with Crippen LogP contribution in [-0.2, 0) is 16.0 Å². The summed E-state index contributed by atoms with van der Waals surface area (Å²) in [5.74, 6) is 0.193. The number of hydrogen-bond acceptors (Lipinski definition) is 3. The molecule has 2 rings (SSSR count). The summed E-state index contributed by atoms with van der Waals surface area (Å²) in [5.41, 5.74) is 1.74. The minimum absolute atomic E-state index is 0.270. The van der Waals surface area contributed by atoms with Gasteiger partial charge in [-0.25, -0.2) is 0 Å². The first-order valence-electron chi connectivity index (χ1n) is 8.41. The number of carbonyl (C=O) groups excluding carboxylic acids is 1. The Morgan fingerprint density at radius 2 is 1.62 bits per heavy atom. The van der Waals surface area contributed by atoms with Gasteiger partial charge in [-0.3, -0.25) is 4.79 Å². The molecule has 0 aromatic heterocycles. The summed E-state index contributed by atoms with van der Waals surface area (Å²) in [6.45, 7) is 0.704. The number of hydrogen-bond donors (Lipinski definition) is 0. The summed E-state index contributed by atoms with van der Waals surface area (Å²) in [6, 6.07) is 10.6. The van der Waals surface area contributed by atoms with E-state index in [1.165, 1.54) is 0 Å². The van der Waals surface area contributed by atoms with E-state index < -0.39 is 0 Å². The van der Waals surface area contributed by atoms with Gasteiger partial charge in [-0.2, -0.15) is 0 Å². The quantitative estimate of drug-likeness (QED) is 0.272. The van der Waals surface area contributed by atoms with E-state index in [-0.39, 0.29) is 5.97 Å². The third-order valence-corrected chi connectivity index (χ3v) is 4.70. The first-order chi connectivity index (χ1) is 12.5. The van der Waals surface area contributed by atoms with Crippen LogP contribution in [0.15, 0.2) is 36.4 Å². The highest BCUT2D eigenvalue weighted by molar-refractivity contribution is 6.35. The molecule has 0 atom stereocenters. The van der Waals surface area contributed by atoms with E-state index in [9.17, 15) is 4.79 Å². The minimum Gasteiger partial charge on any atom is -0.426 e. The molecule has 0 saturated heterocycles. The molecule has 0 N–H and O–H groups in total. The van der Waals surface area contributed by atoms with Gasteiger partial charge in [0.25, 0.3) is 0 Å². The molecule has 2 aromatic rings. The molecule has 0 radical (unpaired) electrons. The van der Waals surface area contributed by atoms with Gasteiger partial charge in [-0.15, -0.1) is 0 Å². The Morgan fingerprint density at radius 3 is 2.31 bits per heavy atom. The van der Waals surface area contributed by atoms with Crippen LogP contribution in [-0.4, -0.2) is 19.7 Å². The van der Waals surface area contributed by atoms with Gasteiger partial charge in [0.1, 0.15) is 5.75 Å². The Labute approximate surface area is 169 Å². The first-order valence-corrected chi connectivity index (χ1v) is 9.55. The lowest BCUT2D eigenvalue weighted by molar-refractivity contribution is -0.134. The zero-order valence-corrected chi connectivity index (χ0v) is 16.8. The second kappa shape index (κ2) is 10.8. The fourth-order valence-electron chi connectivity index (χ4n) is 2.51. The highest BCUT2D eigenvalue weighted by Crippen LogP contribution is 2.29. The van der Waals surface area contributed by atoms with Crippen molar-refractivity contribution in [2.75, 3.05) is 13.7 Å². The third kappa shape index (κ3) is 6.81. The van der Waals surface area contributed by atoms with Crippen LogP contribution in [0, 0.1) is 0 Å². The fraction of sp³-hybridized carbons (Fsp3) is 0.350. The van der Waals surface area contributed by atoms with E-state index in [4.69, 9.17) is 44.3 Å². The van der Waals surface area contributed by atoms with Crippen molar-refractivity contribution in [3.63, 3.8) is 0 Å². The molecule has 0 fully saturated rings. The molecule has 0 heterocycles. The average molecular weight is 416 g/mol. The molecule has 0 unspecified atom stereocenters. The van der Waals surface area contributed by atoms with Crippen molar-refractivity contribution in [2.45, 2.75) is 32.1 Å². The predicted molar refractivity (Wildman–Crippen MR) is 107 cm³/mol. The lowest BCUT2D eigenvalue weighted by Crippen LogP contribution is -2.09. The number of esters is 1. The normalized spacial score (nSPS) is 10.8. The molecule has 0 amide bonds. The molecule has 26 heavy (non-hydrogen) atoms. The van der Waals surface area contributed by atoms with E-state index in [0.29, 0.717) is 40.3 Å². The van der Waals surface area contributed by atoms with Gasteiger partial charge < -0.3 is 9.47 Å². The smallest absolute Gasteiger partial charge is 0.311 e. The van der Waals surface area contributed by atoms with Gasteiger partial charge in [0.05, 0.1) is 0 Å². The van der Waals surface area contributed by atoms with Crippen LogP contribution in [0.1, 0.15) is 36.8 Å². The van der Waals surface area contributed by atoms with Crippen molar-refractivity contribution >= 4 is 40.8 Å². The minimum atomic E-state index is -0.270. The van der Waals surface area contributed by atoms with Crippen LogP contribution in [0.4, 0.5) is 0 Å². The molecular weight excluding hydrogens is 395 g/mol. The summed E-state index contributed by atoms with van der Waals surface area (Å²) in [4.78, 5) is 12.1. The topological polar surface area (TPSA) is 35.5 Å². The standard InChI is InChI=1S/C20H21Cl3O3/c1-25-10-4-2-3-5-20(24)26-19-13-17(22)9-7-15(19)11-14-6-8-16(21)12-18(14)23/h6-9,12-13H,2-5,10-11H2,1H3. The molecule has 6 heteroatoms. The molecule has 2 aromatic carbocycles. The van der Waals surface area contributed by atoms with Crippen LogP contribution in [0.5, 0.6) is 5.75 Å². The Balaban J connectivity index is 2.03. The number of ether oxygens (including phenoxy) is 2. The largest absolute Gasteiger partial charge is 0.426 e. The fourth-order valence-corrected chi connectivity index (χ4v) is 3.14. The Bertz CT molecular complexity index is 747. The van der Waals surface area contributed by atoms with E-state index >= 15 is 0 Å². The summed E-state index contributed by atoms with van der Waals surface area (Å²) >= 11 is 18.3. The maximum absolute atomic E-state index is 12.1. The van der Waals surface area contributed by atoms with E-state index in [1.807, 2.05) is 12.1 Å². The second-order valence-electron chi connectivity index (χ2n) is 5.94. The van der Waals surface area contributed by atoms with Crippen molar-refractivity contribution in [1.82, 2.24) is 0 Å². The Morgan fingerprint density at radius 1 is 0.923 bits per heavy atom. The van der Waals surface area contributed by atoms with Gasteiger partial charge in [-0.1, -0.05) is 53.4 Å². The molecule has 0 aliphatic heterocycles. The molecule has 0 spiro atoms. The lowest BCUT2D eigenvalue weighted by Gasteiger charge is -2.12. The van der Waals surface area contributed by atoms with Crippen LogP contribution in [0.25, 0.3) is 0 Å². The van der Waals surface area contributed by atoms with Crippen LogP contribution in [0.3, 0.4) is 0 Å². The van der Waals surface area contributed by atoms with Gasteiger partial charge >= 0.3 is 5.97 Å². The molecule has 0 aliphatic rings. The second-order valence-corrected chi connectivity index (χ2v) is 7.22. The number of methoxy groups -OCH3 is 1. The number of unbranched alkanes of at least 4 members (excludes halogenated alkanes) is 2. The molecule has 0 aliphatic carbocycles. The molecule has 0 saturated carbocycles. The highest BCUT2D eigenvalue weighted by atomic mass is 35.5. The SMILES string of the molecule is COCCCCCC(=O)Oc1cc(Cl)ccc1Cc1ccc(Cl)cc1Cl. The van der Waals surface area contributed by atoms with Gasteiger partial charge in [-0.05, 0) is 48.2 Å². The lowest BCUT2D eigenvalue weighted by atomic mass is 10.0. The van der Waals surface area contributed by atoms with E-state index in [1.54, 1.807) is 31.4 Å². The zero-order valence-electron chi connectivity index (χ0n) is 14.6. The van der Waals surface area contributed by atoms with Gasteiger partial charge in [0.15, 0.2) is 0 Å². The third-order valence-electron chi connectivity index (χ3n) is 3.88. The number of benzene rings is 2. The zero-order chi connectivity index (χ0) is 18.9. The van der Waals surface area contributed by atoms with Crippen LogP contribution >= 0.6 is 34.8 Å². The monoisotopic (exact) mass is 414 g/mol. The highest BCUT2D eigenvalue weighted by Gasteiger charge is 2.12. The van der Waals surface area contributed by atoms with Crippen molar-refractivity contribution in [3.05, 3.63) is 62.6 Å². The molecule has 140 valence electrons. The van der Waals surface area contributed by atoms with Crippen molar-refractivity contribution < 1.29 is 14.3 Å². The van der Waals surface area contributed by atoms with Gasteiger partial charge in [0.2, 0.25) is 0 Å². The van der Waals surface area contributed by atoms with E-state index in [2.05, 4.69) is 0 Å². The van der Waals surface area contributed by atoms with Crippen LogP contribution < -0.4 is 4.74 Å².